The summed E-state index contributed by atoms with van der Waals surface area (Å²) in [4.78, 5) is 26.4. The van der Waals surface area contributed by atoms with E-state index in [1.54, 1.807) is 53.4 Å². The first kappa shape index (κ1) is 24.6. The maximum Gasteiger partial charge on any atom is 0.253 e. The van der Waals surface area contributed by atoms with E-state index in [0.29, 0.717) is 43.3 Å². The molecule has 0 heterocycles. The van der Waals surface area contributed by atoms with Crippen molar-refractivity contribution in [1.82, 2.24) is 4.90 Å². The Kier molecular flexibility index (Phi) is 9.34. The Morgan fingerprint density at radius 2 is 1.29 bits per heavy atom. The van der Waals surface area contributed by atoms with Crippen LogP contribution in [-0.4, -0.2) is 49.6 Å². The van der Waals surface area contributed by atoms with Gasteiger partial charge in [0.25, 0.3) is 5.91 Å². The first-order valence-corrected chi connectivity index (χ1v) is 11.4. The van der Waals surface area contributed by atoms with Gasteiger partial charge >= 0.3 is 0 Å². The molecule has 0 saturated heterocycles. The van der Waals surface area contributed by atoms with E-state index in [1.165, 1.54) is 0 Å². The van der Waals surface area contributed by atoms with E-state index in [9.17, 15) is 9.59 Å². The van der Waals surface area contributed by atoms with Gasteiger partial charge in [-0.05, 0) is 74.5 Å². The zero-order valence-electron chi connectivity index (χ0n) is 19.6. The molecule has 3 rings (SSSR count). The van der Waals surface area contributed by atoms with Crippen molar-refractivity contribution in [3.05, 3.63) is 84.4 Å². The van der Waals surface area contributed by atoms with E-state index < -0.39 is 0 Å². The van der Waals surface area contributed by atoms with Crippen molar-refractivity contribution < 1.29 is 19.1 Å². The number of ether oxygens (including phenoxy) is 2. The van der Waals surface area contributed by atoms with Crippen molar-refractivity contribution in [1.29, 1.82) is 0 Å². The Labute approximate surface area is 200 Å². The lowest BCUT2D eigenvalue weighted by atomic mass is 10.1. The molecular formula is C27H31N3O4. The molecule has 0 bridgehead atoms. The number of hydrogen-bond acceptors (Lipinski definition) is 5. The summed E-state index contributed by atoms with van der Waals surface area (Å²) in [7, 11) is 0. The average molecular weight is 462 g/mol. The van der Waals surface area contributed by atoms with Crippen molar-refractivity contribution in [3.63, 3.8) is 0 Å². The van der Waals surface area contributed by atoms with Crippen molar-refractivity contribution in [2.45, 2.75) is 13.8 Å². The fraction of sp³-hybridized carbons (Fsp3) is 0.259. The van der Waals surface area contributed by atoms with Gasteiger partial charge in [0, 0.05) is 30.0 Å². The highest BCUT2D eigenvalue weighted by Gasteiger charge is 2.12. The van der Waals surface area contributed by atoms with Crippen LogP contribution in [0, 0.1) is 0 Å². The second-order valence-corrected chi connectivity index (χ2v) is 7.49. The number of benzene rings is 3. The Hall–Kier alpha value is -4.00. The third-order valence-electron chi connectivity index (χ3n) is 5.14. The molecule has 3 aromatic carbocycles. The van der Waals surface area contributed by atoms with Gasteiger partial charge in [0.15, 0.2) is 0 Å². The van der Waals surface area contributed by atoms with Crippen LogP contribution < -0.4 is 20.1 Å². The predicted octanol–water partition coefficient (Wildman–Crippen LogP) is 4.68. The SMILES string of the molecule is CCN(CC)C(=O)c1ccc(NCC(=O)Nc2ccc(OCCOc3ccccc3)cc2)cc1. The van der Waals surface area contributed by atoms with Crippen LogP contribution in [0.1, 0.15) is 24.2 Å². The number of hydrogen-bond donors (Lipinski definition) is 2. The Bertz CT molecular complexity index is 1030. The lowest BCUT2D eigenvalue weighted by Gasteiger charge is -2.18. The number of carbonyl (C=O) groups excluding carboxylic acids is 2. The molecule has 0 unspecified atom stereocenters. The van der Waals surface area contributed by atoms with E-state index >= 15 is 0 Å². The van der Waals surface area contributed by atoms with Crippen LogP contribution >= 0.6 is 0 Å². The molecule has 3 aromatic rings. The van der Waals surface area contributed by atoms with E-state index in [2.05, 4.69) is 10.6 Å². The first-order valence-electron chi connectivity index (χ1n) is 11.4. The van der Waals surface area contributed by atoms with Gasteiger partial charge in [0.05, 0.1) is 6.54 Å². The number of anilines is 2. The fourth-order valence-corrected chi connectivity index (χ4v) is 3.28. The lowest BCUT2D eigenvalue weighted by molar-refractivity contribution is -0.114. The highest BCUT2D eigenvalue weighted by atomic mass is 16.5. The molecule has 0 aliphatic rings. The fourth-order valence-electron chi connectivity index (χ4n) is 3.28. The molecule has 0 spiro atoms. The predicted molar refractivity (Wildman–Crippen MR) is 135 cm³/mol. The van der Waals surface area contributed by atoms with Gasteiger partial charge in [0.2, 0.25) is 5.91 Å². The molecule has 0 atom stereocenters. The average Bonchev–Trinajstić information content (AvgIpc) is 2.88. The minimum Gasteiger partial charge on any atom is -0.490 e. The molecule has 0 fully saturated rings. The summed E-state index contributed by atoms with van der Waals surface area (Å²) < 4.78 is 11.3. The smallest absolute Gasteiger partial charge is 0.253 e. The third kappa shape index (κ3) is 7.55. The lowest BCUT2D eigenvalue weighted by Crippen LogP contribution is -2.30. The number of rotatable bonds is 12. The second kappa shape index (κ2) is 12.9. The normalized spacial score (nSPS) is 10.3. The molecule has 7 nitrogen and oxygen atoms in total. The quantitative estimate of drug-likeness (QED) is 0.383. The number of nitrogens with zero attached hydrogens (tertiary/aromatic N) is 1. The standard InChI is InChI=1S/C27H31N3O4/c1-3-30(4-2)27(32)21-10-12-22(13-11-21)28-20-26(31)29-23-14-16-25(17-15-23)34-19-18-33-24-8-6-5-7-9-24/h5-17,28H,3-4,18-20H2,1-2H3,(H,29,31). The van der Waals surface area contributed by atoms with Gasteiger partial charge in [-0.1, -0.05) is 18.2 Å². The summed E-state index contributed by atoms with van der Waals surface area (Å²) in [6.45, 7) is 6.23. The van der Waals surface area contributed by atoms with Gasteiger partial charge in [0.1, 0.15) is 24.7 Å². The van der Waals surface area contributed by atoms with Crippen LogP contribution in [-0.2, 0) is 4.79 Å². The molecule has 0 aliphatic carbocycles. The molecule has 7 heteroatoms. The molecule has 0 aliphatic heterocycles. The highest BCUT2D eigenvalue weighted by Crippen LogP contribution is 2.16. The van der Waals surface area contributed by atoms with Gasteiger partial charge in [-0.3, -0.25) is 9.59 Å². The summed E-state index contributed by atoms with van der Waals surface area (Å²) in [5, 5.41) is 5.92. The van der Waals surface area contributed by atoms with E-state index in [1.807, 2.05) is 44.2 Å². The molecule has 0 radical (unpaired) electrons. The minimum absolute atomic E-state index is 0.00504. The van der Waals surface area contributed by atoms with Crippen LogP contribution in [0.2, 0.25) is 0 Å². The Balaban J connectivity index is 1.38. The van der Waals surface area contributed by atoms with Crippen LogP contribution in [0.4, 0.5) is 11.4 Å². The Morgan fingerprint density at radius 1 is 0.735 bits per heavy atom. The summed E-state index contributed by atoms with van der Waals surface area (Å²) in [6.07, 6.45) is 0. The molecule has 0 saturated carbocycles. The number of amides is 2. The third-order valence-corrected chi connectivity index (χ3v) is 5.14. The monoisotopic (exact) mass is 461 g/mol. The van der Waals surface area contributed by atoms with Crippen molar-refractivity contribution in [2.75, 3.05) is 43.5 Å². The summed E-state index contributed by atoms with van der Waals surface area (Å²) in [5.74, 6) is 1.34. The largest absolute Gasteiger partial charge is 0.490 e. The molecular weight excluding hydrogens is 430 g/mol. The van der Waals surface area contributed by atoms with E-state index in [-0.39, 0.29) is 18.4 Å². The summed E-state index contributed by atoms with van der Waals surface area (Å²) in [5.41, 5.74) is 2.08. The summed E-state index contributed by atoms with van der Waals surface area (Å²) >= 11 is 0. The molecule has 2 amide bonds. The number of carbonyl (C=O) groups is 2. The topological polar surface area (TPSA) is 79.9 Å². The zero-order valence-corrected chi connectivity index (χ0v) is 19.6. The van der Waals surface area contributed by atoms with Crippen LogP contribution in [0.15, 0.2) is 78.9 Å². The van der Waals surface area contributed by atoms with Gasteiger partial charge in [-0.15, -0.1) is 0 Å². The van der Waals surface area contributed by atoms with Crippen LogP contribution in [0.5, 0.6) is 11.5 Å². The van der Waals surface area contributed by atoms with Gasteiger partial charge in [-0.2, -0.15) is 0 Å². The van der Waals surface area contributed by atoms with Crippen molar-refractivity contribution in [3.8, 4) is 11.5 Å². The zero-order chi connectivity index (χ0) is 24.2. The van der Waals surface area contributed by atoms with Gasteiger partial charge < -0.3 is 25.0 Å². The van der Waals surface area contributed by atoms with Crippen molar-refractivity contribution >= 4 is 23.2 Å². The summed E-state index contributed by atoms with van der Waals surface area (Å²) in [6, 6.07) is 23.9. The van der Waals surface area contributed by atoms with E-state index in [0.717, 1.165) is 11.4 Å². The van der Waals surface area contributed by atoms with Crippen LogP contribution in [0.3, 0.4) is 0 Å². The number of para-hydroxylation sites is 1. The van der Waals surface area contributed by atoms with Crippen molar-refractivity contribution in [2.24, 2.45) is 0 Å². The Morgan fingerprint density at radius 3 is 1.88 bits per heavy atom. The minimum atomic E-state index is -0.173. The maximum atomic E-state index is 12.4. The molecule has 2 N–H and O–H groups in total. The number of nitrogens with one attached hydrogen (secondary N) is 2. The van der Waals surface area contributed by atoms with E-state index in [4.69, 9.17) is 9.47 Å². The van der Waals surface area contributed by atoms with Gasteiger partial charge in [-0.25, -0.2) is 0 Å². The highest BCUT2D eigenvalue weighted by molar-refractivity contribution is 5.95. The molecule has 0 aromatic heterocycles. The first-order chi connectivity index (χ1) is 16.6. The second-order valence-electron chi connectivity index (χ2n) is 7.49. The molecule has 178 valence electrons. The molecule has 34 heavy (non-hydrogen) atoms. The van der Waals surface area contributed by atoms with Crippen LogP contribution in [0.25, 0.3) is 0 Å². The maximum absolute atomic E-state index is 12.4.